The van der Waals surface area contributed by atoms with Gasteiger partial charge in [0.05, 0.1) is 13.7 Å². The van der Waals surface area contributed by atoms with E-state index in [0.717, 1.165) is 38.1 Å². The molecule has 2 heterocycles. The Morgan fingerprint density at radius 2 is 1.88 bits per heavy atom. The number of ether oxygens (including phenoxy) is 1. The Morgan fingerprint density at radius 1 is 1.20 bits per heavy atom. The number of hydrogen-bond donors (Lipinski definition) is 1. The third-order valence-electron chi connectivity index (χ3n) is 3.82. The van der Waals surface area contributed by atoms with Crippen molar-refractivity contribution < 1.29 is 18.3 Å². The topological polar surface area (TPSA) is 80.2 Å². The maximum Gasteiger partial charge on any atom is 0.321 e. The zero-order valence-corrected chi connectivity index (χ0v) is 13.6. The van der Waals surface area contributed by atoms with Crippen molar-refractivity contribution >= 4 is 11.9 Å². The fraction of sp³-hybridized carbons (Fsp3) is 0.375. The molecular formula is C16H17F2N5O2. The van der Waals surface area contributed by atoms with Gasteiger partial charge in [0.1, 0.15) is 17.2 Å². The Morgan fingerprint density at radius 3 is 2.52 bits per heavy atom. The number of carbonyl (C=O) groups excluding carboxylic acids is 1. The van der Waals surface area contributed by atoms with E-state index in [9.17, 15) is 13.6 Å². The molecule has 9 heteroatoms. The maximum atomic E-state index is 13.6. The van der Waals surface area contributed by atoms with Crippen LogP contribution in [0.3, 0.4) is 0 Å². The van der Waals surface area contributed by atoms with E-state index in [1.807, 2.05) is 4.90 Å². The van der Waals surface area contributed by atoms with E-state index in [2.05, 4.69) is 20.3 Å². The zero-order valence-electron chi connectivity index (χ0n) is 13.6. The number of rotatable bonds is 5. The molecule has 0 bridgehead atoms. The summed E-state index contributed by atoms with van der Waals surface area (Å²) in [7, 11) is 1.43. The summed E-state index contributed by atoms with van der Waals surface area (Å²) in [6.45, 7) is 1.56. The first-order valence-electron chi connectivity index (χ1n) is 7.84. The minimum Gasteiger partial charge on any atom is -0.467 e. The fourth-order valence-electron chi connectivity index (χ4n) is 2.58. The second kappa shape index (κ2) is 7.37. The number of hydrogen-bond acceptors (Lipinski definition) is 6. The lowest BCUT2D eigenvalue weighted by Crippen LogP contribution is -2.27. The van der Waals surface area contributed by atoms with E-state index in [4.69, 9.17) is 4.74 Å². The number of carbonyl (C=O) groups is 1. The van der Waals surface area contributed by atoms with Crippen LogP contribution in [0.1, 0.15) is 29.0 Å². The molecule has 0 saturated carbocycles. The number of halogens is 2. The van der Waals surface area contributed by atoms with Crippen LogP contribution in [0.2, 0.25) is 0 Å². The first kappa shape index (κ1) is 17.0. The average Bonchev–Trinajstić information content (AvgIpc) is 3.14. The number of methoxy groups -OCH3 is 1. The van der Waals surface area contributed by atoms with Crippen LogP contribution in [0.25, 0.3) is 0 Å². The summed E-state index contributed by atoms with van der Waals surface area (Å²) in [4.78, 5) is 26.6. The molecule has 132 valence electrons. The van der Waals surface area contributed by atoms with Crippen LogP contribution in [0.5, 0.6) is 6.01 Å². The van der Waals surface area contributed by atoms with Gasteiger partial charge in [-0.1, -0.05) is 6.07 Å². The quantitative estimate of drug-likeness (QED) is 0.885. The van der Waals surface area contributed by atoms with Crippen LogP contribution in [0, 0.1) is 11.6 Å². The minimum atomic E-state index is -0.927. The lowest BCUT2D eigenvalue weighted by molar-refractivity contribution is 0.0941. The third kappa shape index (κ3) is 3.81. The monoisotopic (exact) mass is 349 g/mol. The molecule has 1 fully saturated rings. The van der Waals surface area contributed by atoms with Crippen molar-refractivity contribution in [2.75, 3.05) is 25.1 Å². The van der Waals surface area contributed by atoms with Crippen LogP contribution < -0.4 is 15.0 Å². The SMILES string of the molecule is COc1nc(CNC(=O)c2c(F)cccc2F)nc(N2CCCC2)n1. The molecule has 7 nitrogen and oxygen atoms in total. The molecule has 1 amide bonds. The average molecular weight is 349 g/mol. The van der Waals surface area contributed by atoms with Gasteiger partial charge in [0.2, 0.25) is 5.95 Å². The highest BCUT2D eigenvalue weighted by molar-refractivity contribution is 5.94. The van der Waals surface area contributed by atoms with Crippen LogP contribution in [0.4, 0.5) is 14.7 Å². The summed E-state index contributed by atoms with van der Waals surface area (Å²) < 4.78 is 32.4. The Hall–Kier alpha value is -2.84. The first-order chi connectivity index (χ1) is 12.1. The van der Waals surface area contributed by atoms with Gasteiger partial charge in [-0.2, -0.15) is 15.0 Å². The number of nitrogens with zero attached hydrogens (tertiary/aromatic N) is 4. The van der Waals surface area contributed by atoms with Crippen molar-refractivity contribution in [1.29, 1.82) is 0 Å². The van der Waals surface area contributed by atoms with Gasteiger partial charge in [-0.15, -0.1) is 0 Å². The molecule has 3 rings (SSSR count). The van der Waals surface area contributed by atoms with Crippen LogP contribution in [0.15, 0.2) is 18.2 Å². The molecule has 0 unspecified atom stereocenters. The molecule has 0 spiro atoms. The maximum absolute atomic E-state index is 13.6. The molecule has 2 aromatic rings. The Labute approximate surface area is 143 Å². The van der Waals surface area contributed by atoms with Crippen molar-refractivity contribution in [3.8, 4) is 6.01 Å². The van der Waals surface area contributed by atoms with Crippen LogP contribution in [-0.4, -0.2) is 41.1 Å². The first-order valence-corrected chi connectivity index (χ1v) is 7.84. The normalized spacial score (nSPS) is 13.8. The van der Waals surface area contributed by atoms with Gasteiger partial charge < -0.3 is 15.0 Å². The van der Waals surface area contributed by atoms with Crippen molar-refractivity contribution in [2.45, 2.75) is 19.4 Å². The highest BCUT2D eigenvalue weighted by Crippen LogP contribution is 2.18. The number of anilines is 1. The Bertz CT molecular complexity index is 761. The second-order valence-electron chi connectivity index (χ2n) is 5.51. The largest absolute Gasteiger partial charge is 0.467 e. The van der Waals surface area contributed by atoms with Gasteiger partial charge in [-0.05, 0) is 25.0 Å². The number of nitrogens with one attached hydrogen (secondary N) is 1. The van der Waals surface area contributed by atoms with Gasteiger partial charge in [0.25, 0.3) is 5.91 Å². The summed E-state index contributed by atoms with van der Waals surface area (Å²) in [5, 5.41) is 2.42. The highest BCUT2D eigenvalue weighted by atomic mass is 19.1. The Kier molecular flexibility index (Phi) is 5.01. The lowest BCUT2D eigenvalue weighted by atomic mass is 10.2. The van der Waals surface area contributed by atoms with Gasteiger partial charge in [0.15, 0.2) is 5.82 Å². The Balaban J connectivity index is 1.76. The number of amides is 1. The molecule has 1 saturated heterocycles. The summed E-state index contributed by atoms with van der Waals surface area (Å²) in [6.07, 6.45) is 2.10. The van der Waals surface area contributed by atoms with Gasteiger partial charge in [0, 0.05) is 13.1 Å². The summed E-state index contributed by atoms with van der Waals surface area (Å²) in [5.74, 6) is -2.02. The summed E-state index contributed by atoms with van der Waals surface area (Å²) >= 11 is 0. The van der Waals surface area contributed by atoms with E-state index < -0.39 is 23.1 Å². The van der Waals surface area contributed by atoms with E-state index in [0.29, 0.717) is 5.95 Å². The molecule has 1 aromatic heterocycles. The molecule has 1 aliphatic heterocycles. The summed E-state index contributed by atoms with van der Waals surface area (Å²) in [5.41, 5.74) is -0.636. The standard InChI is InChI=1S/C16H17F2N5O2/c1-25-16-21-12(20-15(22-16)23-7-2-3-8-23)9-19-14(24)13-10(17)5-4-6-11(13)18/h4-6H,2-3,7-9H2,1H3,(H,19,24). The minimum absolute atomic E-state index is 0.105. The van der Waals surface area contributed by atoms with Gasteiger partial charge in [-0.3, -0.25) is 4.79 Å². The van der Waals surface area contributed by atoms with E-state index >= 15 is 0 Å². The number of benzene rings is 1. The van der Waals surface area contributed by atoms with Gasteiger partial charge >= 0.3 is 6.01 Å². The molecule has 1 aliphatic rings. The molecule has 25 heavy (non-hydrogen) atoms. The predicted molar refractivity (Wildman–Crippen MR) is 85.4 cm³/mol. The fourth-order valence-corrected chi connectivity index (χ4v) is 2.58. The van der Waals surface area contributed by atoms with E-state index in [-0.39, 0.29) is 18.4 Å². The summed E-state index contributed by atoms with van der Waals surface area (Å²) in [6, 6.07) is 3.36. The van der Waals surface area contributed by atoms with Crippen LogP contribution in [-0.2, 0) is 6.54 Å². The molecular weight excluding hydrogens is 332 g/mol. The zero-order chi connectivity index (χ0) is 17.8. The van der Waals surface area contributed by atoms with Crippen molar-refractivity contribution in [3.05, 3.63) is 41.2 Å². The van der Waals surface area contributed by atoms with E-state index in [1.54, 1.807) is 0 Å². The molecule has 1 aromatic carbocycles. The lowest BCUT2D eigenvalue weighted by Gasteiger charge is -2.16. The van der Waals surface area contributed by atoms with Crippen LogP contribution >= 0.6 is 0 Å². The third-order valence-corrected chi connectivity index (χ3v) is 3.82. The van der Waals surface area contributed by atoms with Crippen molar-refractivity contribution in [1.82, 2.24) is 20.3 Å². The van der Waals surface area contributed by atoms with Crippen molar-refractivity contribution in [2.24, 2.45) is 0 Å². The molecule has 0 aliphatic carbocycles. The van der Waals surface area contributed by atoms with Crippen molar-refractivity contribution in [3.63, 3.8) is 0 Å². The molecule has 1 N–H and O–H groups in total. The van der Waals surface area contributed by atoms with Gasteiger partial charge in [-0.25, -0.2) is 8.78 Å². The number of aromatic nitrogens is 3. The predicted octanol–water partition coefficient (Wildman–Crippen LogP) is 1.69. The molecule has 0 radical (unpaired) electrons. The smallest absolute Gasteiger partial charge is 0.321 e. The highest BCUT2D eigenvalue weighted by Gasteiger charge is 2.20. The second-order valence-corrected chi connectivity index (χ2v) is 5.51. The molecule has 0 atom stereocenters. The van der Waals surface area contributed by atoms with E-state index in [1.165, 1.54) is 13.2 Å².